The maximum Gasteiger partial charge on any atom is 0.260 e. The van der Waals surface area contributed by atoms with Crippen molar-refractivity contribution < 1.29 is 19.1 Å². The summed E-state index contributed by atoms with van der Waals surface area (Å²) < 4.78 is 5.17. The molecule has 0 saturated heterocycles. The Morgan fingerprint density at radius 1 is 1.00 bits per heavy atom. The van der Waals surface area contributed by atoms with Gasteiger partial charge in [0.05, 0.1) is 18.4 Å². The monoisotopic (exact) mass is 442 g/mol. The molecule has 33 heavy (non-hydrogen) atoms. The Kier molecular flexibility index (Phi) is 5.26. The molecule has 0 bridgehead atoms. The number of methoxy groups -OCH3 is 1. The maximum atomic E-state index is 13.4. The summed E-state index contributed by atoms with van der Waals surface area (Å²) >= 11 is 0. The van der Waals surface area contributed by atoms with Crippen molar-refractivity contribution in [2.24, 2.45) is 0 Å². The topological polar surface area (TPSA) is 91.8 Å². The summed E-state index contributed by atoms with van der Waals surface area (Å²) in [6.45, 7) is 0.327. The van der Waals surface area contributed by atoms with Gasteiger partial charge in [0.15, 0.2) is 0 Å². The standard InChI is InChI=1S/C25H22N4O4/c1-33-22-19(11-6-14-26-22)27-21(30)13-7-15-28-23-16-8-2-3-9-17(16)25(32)29(23)20-12-5-4-10-18(20)24(28)31/h2-6,8-12,14,23H,7,13,15H2,1H3,(H,27,30). The highest BCUT2D eigenvalue weighted by atomic mass is 16.5. The van der Waals surface area contributed by atoms with Crippen molar-refractivity contribution in [3.63, 3.8) is 0 Å². The largest absolute Gasteiger partial charge is 0.480 e. The van der Waals surface area contributed by atoms with E-state index in [1.807, 2.05) is 24.3 Å². The number of fused-ring (bicyclic) bond motifs is 5. The van der Waals surface area contributed by atoms with Crippen LogP contribution in [0.25, 0.3) is 0 Å². The fraction of sp³-hybridized carbons (Fsp3) is 0.200. The molecule has 8 nitrogen and oxygen atoms in total. The van der Waals surface area contributed by atoms with Crippen LogP contribution in [0.1, 0.15) is 45.3 Å². The number of nitrogens with one attached hydrogen (secondary N) is 1. The molecular formula is C25H22N4O4. The van der Waals surface area contributed by atoms with E-state index in [4.69, 9.17) is 4.74 Å². The molecule has 5 rings (SSSR count). The summed E-state index contributed by atoms with van der Waals surface area (Å²) in [5.41, 5.74) is 2.99. The first-order valence-corrected chi connectivity index (χ1v) is 10.7. The number of amides is 3. The zero-order valence-electron chi connectivity index (χ0n) is 18.0. The van der Waals surface area contributed by atoms with Gasteiger partial charge in [-0.3, -0.25) is 19.3 Å². The van der Waals surface area contributed by atoms with Crippen molar-refractivity contribution in [3.05, 3.63) is 83.6 Å². The zero-order valence-corrected chi connectivity index (χ0v) is 18.0. The van der Waals surface area contributed by atoms with Crippen molar-refractivity contribution in [3.8, 4) is 5.88 Å². The Hall–Kier alpha value is -4.20. The second kappa shape index (κ2) is 8.38. The minimum absolute atomic E-state index is 0.123. The molecule has 1 N–H and O–H groups in total. The summed E-state index contributed by atoms with van der Waals surface area (Å²) in [7, 11) is 1.49. The fourth-order valence-corrected chi connectivity index (χ4v) is 4.47. The van der Waals surface area contributed by atoms with Crippen LogP contribution in [0.2, 0.25) is 0 Å². The molecule has 3 heterocycles. The van der Waals surface area contributed by atoms with Crippen LogP contribution in [0.15, 0.2) is 66.9 Å². The first-order valence-electron chi connectivity index (χ1n) is 10.7. The lowest BCUT2D eigenvalue weighted by Crippen LogP contribution is -2.48. The Labute approximate surface area is 190 Å². The fourth-order valence-electron chi connectivity index (χ4n) is 4.47. The van der Waals surface area contributed by atoms with E-state index in [0.717, 1.165) is 5.56 Å². The van der Waals surface area contributed by atoms with E-state index in [2.05, 4.69) is 10.3 Å². The molecule has 3 aromatic rings. The summed E-state index contributed by atoms with van der Waals surface area (Å²) in [6, 6.07) is 17.9. The van der Waals surface area contributed by atoms with Gasteiger partial charge in [-0.05, 0) is 36.8 Å². The minimum atomic E-state index is -0.516. The number of carbonyl (C=O) groups is 3. The van der Waals surface area contributed by atoms with E-state index < -0.39 is 6.17 Å². The molecule has 0 aliphatic carbocycles. The molecule has 2 aliphatic heterocycles. The molecule has 8 heteroatoms. The van der Waals surface area contributed by atoms with Crippen molar-refractivity contribution >= 4 is 29.1 Å². The van der Waals surface area contributed by atoms with Crippen LogP contribution in [0.4, 0.5) is 11.4 Å². The molecule has 0 fully saturated rings. The summed E-state index contributed by atoms with van der Waals surface area (Å²) in [5, 5.41) is 2.80. The molecule has 166 valence electrons. The van der Waals surface area contributed by atoms with Gasteiger partial charge >= 0.3 is 0 Å². The van der Waals surface area contributed by atoms with Crippen molar-refractivity contribution in [1.82, 2.24) is 9.88 Å². The summed E-state index contributed by atoms with van der Waals surface area (Å²) in [6.07, 6.45) is 1.70. The predicted octanol–water partition coefficient (Wildman–Crippen LogP) is 3.62. The Morgan fingerprint density at radius 3 is 2.58 bits per heavy atom. The number of para-hydroxylation sites is 1. The van der Waals surface area contributed by atoms with Gasteiger partial charge in [-0.1, -0.05) is 30.3 Å². The number of hydrogen-bond acceptors (Lipinski definition) is 5. The molecule has 2 aromatic carbocycles. The Bertz CT molecular complexity index is 1260. The quantitative estimate of drug-likeness (QED) is 0.630. The number of benzene rings is 2. The highest BCUT2D eigenvalue weighted by Crippen LogP contribution is 2.45. The Morgan fingerprint density at radius 2 is 1.76 bits per heavy atom. The molecule has 1 aromatic heterocycles. The van der Waals surface area contributed by atoms with Gasteiger partial charge in [0.25, 0.3) is 11.8 Å². The van der Waals surface area contributed by atoms with E-state index in [1.165, 1.54) is 7.11 Å². The van der Waals surface area contributed by atoms with Crippen LogP contribution < -0.4 is 15.0 Å². The van der Waals surface area contributed by atoms with Crippen molar-refractivity contribution in [2.45, 2.75) is 19.0 Å². The van der Waals surface area contributed by atoms with Crippen molar-refractivity contribution in [2.75, 3.05) is 23.9 Å². The maximum absolute atomic E-state index is 13.4. The van der Waals surface area contributed by atoms with Gasteiger partial charge in [-0.15, -0.1) is 0 Å². The highest BCUT2D eigenvalue weighted by Gasteiger charge is 2.47. The molecular weight excluding hydrogens is 420 g/mol. The average molecular weight is 442 g/mol. The molecule has 2 aliphatic rings. The van der Waals surface area contributed by atoms with E-state index >= 15 is 0 Å². The molecule has 0 saturated carbocycles. The molecule has 1 atom stereocenters. The van der Waals surface area contributed by atoms with Crippen LogP contribution in [0, 0.1) is 0 Å². The Balaban J connectivity index is 1.36. The average Bonchev–Trinajstić information content (AvgIpc) is 3.14. The van der Waals surface area contributed by atoms with Gasteiger partial charge in [-0.25, -0.2) is 4.98 Å². The lowest BCUT2D eigenvalue weighted by atomic mass is 10.0. The SMILES string of the molecule is COc1ncccc1NC(=O)CCCN1C(=O)c2ccccc2N2C(=O)c3ccccc3C12. The number of carbonyl (C=O) groups excluding carboxylic acids is 3. The van der Waals surface area contributed by atoms with Gasteiger partial charge in [-0.2, -0.15) is 0 Å². The van der Waals surface area contributed by atoms with Gasteiger partial charge in [0.1, 0.15) is 11.9 Å². The number of aromatic nitrogens is 1. The summed E-state index contributed by atoms with van der Waals surface area (Å²) in [5.74, 6) is -0.135. The van der Waals surface area contributed by atoms with E-state index in [9.17, 15) is 14.4 Å². The van der Waals surface area contributed by atoms with Crippen molar-refractivity contribution in [1.29, 1.82) is 0 Å². The van der Waals surface area contributed by atoms with Crippen LogP contribution in [0.5, 0.6) is 5.88 Å². The van der Waals surface area contributed by atoms with Gasteiger partial charge in [0.2, 0.25) is 11.8 Å². The minimum Gasteiger partial charge on any atom is -0.480 e. The smallest absolute Gasteiger partial charge is 0.260 e. The van der Waals surface area contributed by atoms with E-state index in [1.54, 1.807) is 52.4 Å². The normalized spacial score (nSPS) is 16.2. The van der Waals surface area contributed by atoms with Gasteiger partial charge < -0.3 is 15.0 Å². The van der Waals surface area contributed by atoms with E-state index in [0.29, 0.717) is 41.3 Å². The van der Waals surface area contributed by atoms with E-state index in [-0.39, 0.29) is 24.1 Å². The first-order chi connectivity index (χ1) is 16.1. The molecule has 0 spiro atoms. The molecule has 1 unspecified atom stereocenters. The van der Waals surface area contributed by atoms with Crippen LogP contribution >= 0.6 is 0 Å². The number of pyridine rings is 1. The lowest BCUT2D eigenvalue weighted by Gasteiger charge is -2.41. The zero-order chi connectivity index (χ0) is 22.9. The third kappa shape index (κ3) is 3.49. The second-order valence-electron chi connectivity index (χ2n) is 7.86. The number of rotatable bonds is 6. The molecule has 0 radical (unpaired) electrons. The lowest BCUT2D eigenvalue weighted by molar-refractivity contribution is -0.116. The summed E-state index contributed by atoms with van der Waals surface area (Å²) in [4.78, 5) is 46.5. The number of nitrogens with zero attached hydrogens (tertiary/aromatic N) is 3. The third-order valence-electron chi connectivity index (χ3n) is 5.92. The van der Waals surface area contributed by atoms with Crippen LogP contribution in [0.3, 0.4) is 0 Å². The number of hydrogen-bond donors (Lipinski definition) is 1. The van der Waals surface area contributed by atoms with Crippen LogP contribution in [-0.2, 0) is 4.79 Å². The first kappa shape index (κ1) is 20.7. The number of ether oxygens (including phenoxy) is 1. The third-order valence-corrected chi connectivity index (χ3v) is 5.92. The highest BCUT2D eigenvalue weighted by molar-refractivity contribution is 6.16. The van der Waals surface area contributed by atoms with Crippen LogP contribution in [-0.4, -0.2) is 41.3 Å². The molecule has 3 amide bonds. The predicted molar refractivity (Wildman–Crippen MR) is 122 cm³/mol. The number of anilines is 2. The van der Waals surface area contributed by atoms with Gasteiger partial charge in [0, 0.05) is 30.3 Å². The second-order valence-corrected chi connectivity index (χ2v) is 7.86.